The standard InChI is InChI=1S/C18H22Cl2N4O3S3/c1-11(2)28-18-23-22-17(29-18)21-16(25)12-4-3-7-24(9-12)30(26,27)10-13-5-6-14(19)8-15(13)20/h5-6,8,11-12H,3-4,7,9-10H2,1-2H3,(H,21,22,25). The van der Waals surface area contributed by atoms with E-state index < -0.39 is 15.9 Å². The van der Waals surface area contributed by atoms with E-state index >= 15 is 0 Å². The van der Waals surface area contributed by atoms with Crippen molar-refractivity contribution in [2.45, 2.75) is 42.0 Å². The van der Waals surface area contributed by atoms with Crippen LogP contribution in [0.2, 0.25) is 10.0 Å². The van der Waals surface area contributed by atoms with Gasteiger partial charge in [-0.25, -0.2) is 12.7 Å². The SMILES string of the molecule is CC(C)Sc1nnc(NC(=O)C2CCCN(S(=O)(=O)Cc3ccc(Cl)cc3Cl)C2)s1. The summed E-state index contributed by atoms with van der Waals surface area (Å²) in [5, 5.41) is 12.4. The first-order valence-corrected chi connectivity index (χ1v) is 13.4. The van der Waals surface area contributed by atoms with E-state index in [1.807, 2.05) is 0 Å². The summed E-state index contributed by atoms with van der Waals surface area (Å²) in [6, 6.07) is 4.74. The zero-order chi connectivity index (χ0) is 21.9. The predicted octanol–water partition coefficient (Wildman–Crippen LogP) is 4.53. The van der Waals surface area contributed by atoms with Gasteiger partial charge in [-0.3, -0.25) is 4.79 Å². The Labute approximate surface area is 194 Å². The molecular weight excluding hydrogens is 487 g/mol. The molecule has 0 saturated carbocycles. The van der Waals surface area contributed by atoms with E-state index in [-0.39, 0.29) is 18.2 Å². The second-order valence-electron chi connectivity index (χ2n) is 7.22. The lowest BCUT2D eigenvalue weighted by molar-refractivity contribution is -0.120. The van der Waals surface area contributed by atoms with Crippen LogP contribution in [0.4, 0.5) is 5.13 Å². The normalized spacial score (nSPS) is 18.0. The van der Waals surface area contributed by atoms with Crippen LogP contribution < -0.4 is 5.32 Å². The molecule has 0 bridgehead atoms. The Morgan fingerprint density at radius 3 is 2.83 bits per heavy atom. The first kappa shape index (κ1) is 23.7. The van der Waals surface area contributed by atoms with Crippen molar-refractivity contribution in [3.8, 4) is 0 Å². The third-order valence-electron chi connectivity index (χ3n) is 4.47. The summed E-state index contributed by atoms with van der Waals surface area (Å²) in [7, 11) is -3.62. The van der Waals surface area contributed by atoms with Gasteiger partial charge < -0.3 is 5.32 Å². The van der Waals surface area contributed by atoms with Crippen molar-refractivity contribution in [1.29, 1.82) is 0 Å². The number of carbonyl (C=O) groups is 1. The van der Waals surface area contributed by atoms with Gasteiger partial charge >= 0.3 is 0 Å². The van der Waals surface area contributed by atoms with E-state index in [1.54, 1.807) is 23.9 Å². The highest BCUT2D eigenvalue weighted by Gasteiger charge is 2.33. The third kappa shape index (κ3) is 6.30. The van der Waals surface area contributed by atoms with Crippen LogP contribution >= 0.6 is 46.3 Å². The van der Waals surface area contributed by atoms with Crippen molar-refractivity contribution in [2.24, 2.45) is 5.92 Å². The number of piperidine rings is 1. The Morgan fingerprint density at radius 1 is 1.37 bits per heavy atom. The van der Waals surface area contributed by atoms with Gasteiger partial charge in [-0.2, -0.15) is 0 Å². The molecule has 3 rings (SSSR count). The van der Waals surface area contributed by atoms with Crippen LogP contribution in [0.3, 0.4) is 0 Å². The number of thioether (sulfide) groups is 1. The molecule has 1 aromatic carbocycles. The molecule has 1 amide bonds. The van der Waals surface area contributed by atoms with Crippen LogP contribution in [-0.2, 0) is 20.6 Å². The molecule has 1 atom stereocenters. The average molecular weight is 510 g/mol. The fraction of sp³-hybridized carbons (Fsp3) is 0.500. The second-order valence-corrected chi connectivity index (χ2v) is 12.8. The van der Waals surface area contributed by atoms with Gasteiger partial charge in [0, 0.05) is 28.4 Å². The first-order valence-electron chi connectivity index (χ1n) is 9.37. The molecule has 1 aliphatic rings. The number of sulfonamides is 1. The lowest BCUT2D eigenvalue weighted by atomic mass is 9.99. The molecule has 0 radical (unpaired) electrons. The summed E-state index contributed by atoms with van der Waals surface area (Å²) in [6.45, 7) is 4.62. The van der Waals surface area contributed by atoms with Gasteiger partial charge in [0.1, 0.15) is 0 Å². The van der Waals surface area contributed by atoms with Crippen molar-refractivity contribution in [3.05, 3.63) is 33.8 Å². The highest BCUT2D eigenvalue weighted by molar-refractivity contribution is 8.01. The lowest BCUT2D eigenvalue weighted by Gasteiger charge is -2.31. The molecule has 1 saturated heterocycles. The van der Waals surface area contributed by atoms with E-state index in [9.17, 15) is 13.2 Å². The molecule has 1 fully saturated rings. The number of hydrogen-bond acceptors (Lipinski definition) is 7. The minimum Gasteiger partial charge on any atom is -0.300 e. The highest BCUT2D eigenvalue weighted by Crippen LogP contribution is 2.30. The lowest BCUT2D eigenvalue weighted by Crippen LogP contribution is -2.44. The van der Waals surface area contributed by atoms with Crippen molar-refractivity contribution >= 4 is 67.4 Å². The number of benzene rings is 1. The van der Waals surface area contributed by atoms with Gasteiger partial charge in [-0.05, 0) is 30.5 Å². The smallest absolute Gasteiger partial charge is 0.230 e. The third-order valence-corrected chi connectivity index (χ3v) is 8.78. The van der Waals surface area contributed by atoms with Crippen LogP contribution in [-0.4, -0.2) is 47.2 Å². The minimum atomic E-state index is -3.62. The number of nitrogens with one attached hydrogen (secondary N) is 1. The van der Waals surface area contributed by atoms with Crippen LogP contribution in [0.5, 0.6) is 0 Å². The summed E-state index contributed by atoms with van der Waals surface area (Å²) < 4.78 is 28.0. The predicted molar refractivity (Wildman–Crippen MR) is 123 cm³/mol. The molecule has 1 aliphatic heterocycles. The number of hydrogen-bond donors (Lipinski definition) is 1. The maximum absolute atomic E-state index is 12.9. The maximum atomic E-state index is 12.9. The van der Waals surface area contributed by atoms with Gasteiger partial charge in [-0.1, -0.05) is 66.2 Å². The number of rotatable bonds is 7. The zero-order valence-corrected chi connectivity index (χ0v) is 20.4. The van der Waals surface area contributed by atoms with Gasteiger partial charge in [0.25, 0.3) is 0 Å². The van der Waals surface area contributed by atoms with Gasteiger partial charge in [0.15, 0.2) is 4.34 Å². The number of carbonyl (C=O) groups excluding carboxylic acids is 1. The van der Waals surface area contributed by atoms with Crippen molar-refractivity contribution in [3.63, 3.8) is 0 Å². The average Bonchev–Trinajstić information content (AvgIpc) is 3.10. The van der Waals surface area contributed by atoms with Crippen molar-refractivity contribution < 1.29 is 13.2 Å². The van der Waals surface area contributed by atoms with E-state index in [4.69, 9.17) is 23.2 Å². The molecule has 0 aliphatic carbocycles. The van der Waals surface area contributed by atoms with Gasteiger partial charge in [-0.15, -0.1) is 10.2 Å². The van der Waals surface area contributed by atoms with Crippen molar-refractivity contribution in [2.75, 3.05) is 18.4 Å². The van der Waals surface area contributed by atoms with Crippen LogP contribution in [0.1, 0.15) is 32.3 Å². The molecule has 1 N–H and O–H groups in total. The van der Waals surface area contributed by atoms with Gasteiger partial charge in [0.2, 0.25) is 21.1 Å². The number of aromatic nitrogens is 2. The Balaban J connectivity index is 1.63. The topological polar surface area (TPSA) is 92.3 Å². The number of halogens is 2. The molecule has 12 heteroatoms. The van der Waals surface area contributed by atoms with Crippen LogP contribution in [0.15, 0.2) is 22.5 Å². The number of anilines is 1. The molecular formula is C18H22Cl2N4O3S3. The summed E-state index contributed by atoms with van der Waals surface area (Å²) in [5.41, 5.74) is 0.483. The zero-order valence-electron chi connectivity index (χ0n) is 16.5. The number of nitrogens with zero attached hydrogens (tertiary/aromatic N) is 3. The summed E-state index contributed by atoms with van der Waals surface area (Å²) in [5.74, 6) is -0.917. The van der Waals surface area contributed by atoms with Crippen molar-refractivity contribution in [1.82, 2.24) is 14.5 Å². The fourth-order valence-electron chi connectivity index (χ4n) is 3.05. The fourth-order valence-corrected chi connectivity index (χ4v) is 7.23. The first-order chi connectivity index (χ1) is 14.1. The molecule has 2 aromatic rings. The molecule has 0 spiro atoms. The Bertz CT molecular complexity index is 1010. The summed E-state index contributed by atoms with van der Waals surface area (Å²) >= 11 is 14.9. The van der Waals surface area contributed by atoms with Gasteiger partial charge in [0.05, 0.1) is 11.7 Å². The van der Waals surface area contributed by atoms with E-state index in [2.05, 4.69) is 29.4 Å². The summed E-state index contributed by atoms with van der Waals surface area (Å²) in [6.07, 6.45) is 1.22. The van der Waals surface area contributed by atoms with Crippen LogP contribution in [0, 0.1) is 5.92 Å². The molecule has 7 nitrogen and oxygen atoms in total. The maximum Gasteiger partial charge on any atom is 0.230 e. The summed E-state index contributed by atoms with van der Waals surface area (Å²) in [4.78, 5) is 12.7. The Morgan fingerprint density at radius 2 is 2.13 bits per heavy atom. The molecule has 1 aromatic heterocycles. The quantitative estimate of drug-likeness (QED) is 0.436. The van der Waals surface area contributed by atoms with E-state index in [1.165, 1.54) is 21.7 Å². The van der Waals surface area contributed by atoms with E-state index in [0.717, 1.165) is 4.34 Å². The molecule has 1 unspecified atom stereocenters. The highest BCUT2D eigenvalue weighted by atomic mass is 35.5. The Hall–Kier alpha value is -0.910. The van der Waals surface area contributed by atoms with Crippen LogP contribution in [0.25, 0.3) is 0 Å². The largest absolute Gasteiger partial charge is 0.300 e. The second kappa shape index (κ2) is 10.1. The minimum absolute atomic E-state index is 0.131. The monoisotopic (exact) mass is 508 g/mol. The molecule has 30 heavy (non-hydrogen) atoms. The number of amides is 1. The molecule has 2 heterocycles. The molecule has 164 valence electrons. The Kier molecular flexibility index (Phi) is 8.03. The van der Waals surface area contributed by atoms with E-state index in [0.29, 0.717) is 45.4 Å².